The summed E-state index contributed by atoms with van der Waals surface area (Å²) in [5.74, 6) is -0.389. The Morgan fingerprint density at radius 2 is 2.24 bits per heavy atom. The molecule has 2 nitrogen and oxygen atoms in total. The van der Waals surface area contributed by atoms with E-state index in [2.05, 4.69) is 12.0 Å². The van der Waals surface area contributed by atoms with Gasteiger partial charge in [-0.3, -0.25) is 4.68 Å². The number of aryl methyl sites for hydroxylation is 1. The van der Waals surface area contributed by atoms with Gasteiger partial charge in [-0.25, -0.2) is 4.39 Å². The van der Waals surface area contributed by atoms with E-state index < -0.39 is 0 Å². The van der Waals surface area contributed by atoms with Crippen LogP contribution < -0.4 is 0 Å². The van der Waals surface area contributed by atoms with Crippen LogP contribution in [-0.4, -0.2) is 9.78 Å². The van der Waals surface area contributed by atoms with Gasteiger partial charge in [-0.2, -0.15) is 5.10 Å². The van der Waals surface area contributed by atoms with E-state index in [1.54, 1.807) is 12.1 Å². The molecule has 0 fully saturated rings. The van der Waals surface area contributed by atoms with Crippen molar-refractivity contribution in [2.75, 3.05) is 0 Å². The first-order valence-corrected chi connectivity index (χ1v) is 6.06. The van der Waals surface area contributed by atoms with Crippen LogP contribution in [0.1, 0.15) is 17.7 Å². The van der Waals surface area contributed by atoms with Gasteiger partial charge in [-0.05, 0) is 43.5 Å². The highest BCUT2D eigenvalue weighted by Gasteiger charge is 2.19. The predicted octanol–water partition coefficient (Wildman–Crippen LogP) is 3.60. The largest absolute Gasteiger partial charge is 0.269 e. The van der Waals surface area contributed by atoms with Crippen LogP contribution in [0.5, 0.6) is 0 Å². The summed E-state index contributed by atoms with van der Waals surface area (Å²) in [6.07, 6.45) is 2.24. The fourth-order valence-electron chi connectivity index (χ4n) is 2.40. The minimum Gasteiger partial charge on any atom is -0.269 e. The van der Waals surface area contributed by atoms with Gasteiger partial charge in [0.1, 0.15) is 5.82 Å². The first kappa shape index (κ1) is 10.8. The molecule has 0 atom stereocenters. The van der Waals surface area contributed by atoms with Crippen LogP contribution in [0.2, 0.25) is 5.02 Å². The molecule has 1 aromatic heterocycles. The Balaban J connectivity index is 2.12. The molecule has 4 heteroatoms. The van der Waals surface area contributed by atoms with Crippen molar-refractivity contribution in [2.24, 2.45) is 0 Å². The summed E-state index contributed by atoms with van der Waals surface area (Å²) >= 11 is 5.80. The third-order valence-corrected chi connectivity index (χ3v) is 3.59. The summed E-state index contributed by atoms with van der Waals surface area (Å²) < 4.78 is 15.2. The third kappa shape index (κ3) is 1.65. The zero-order valence-corrected chi connectivity index (χ0v) is 10.3. The maximum absolute atomic E-state index is 13.1. The minimum atomic E-state index is -0.389. The molecule has 2 aromatic rings. The lowest BCUT2D eigenvalue weighted by Crippen LogP contribution is -1.94. The number of nitrogens with zero attached hydrogens (tertiary/aromatic N) is 2. The van der Waals surface area contributed by atoms with Gasteiger partial charge in [0.2, 0.25) is 0 Å². The maximum atomic E-state index is 13.1. The van der Waals surface area contributed by atoms with E-state index in [4.69, 9.17) is 11.6 Å². The molecule has 0 N–H and O–H groups in total. The van der Waals surface area contributed by atoms with Gasteiger partial charge in [-0.1, -0.05) is 11.6 Å². The van der Waals surface area contributed by atoms with Gasteiger partial charge in [0.05, 0.1) is 10.7 Å². The van der Waals surface area contributed by atoms with Crippen LogP contribution in [0.3, 0.4) is 0 Å². The maximum Gasteiger partial charge on any atom is 0.141 e. The van der Waals surface area contributed by atoms with Crippen molar-refractivity contribution in [1.29, 1.82) is 0 Å². The van der Waals surface area contributed by atoms with E-state index in [0.29, 0.717) is 0 Å². The Bertz CT molecular complexity index is 589. The summed E-state index contributed by atoms with van der Waals surface area (Å²) in [4.78, 5) is 0. The fourth-order valence-corrected chi connectivity index (χ4v) is 2.58. The van der Waals surface area contributed by atoms with Crippen LogP contribution in [0.15, 0.2) is 18.2 Å². The second kappa shape index (κ2) is 3.84. The number of benzene rings is 1. The number of fused-ring (bicyclic) bond motifs is 1. The van der Waals surface area contributed by atoms with Crippen LogP contribution in [0.25, 0.3) is 11.3 Å². The molecule has 0 radical (unpaired) electrons. The van der Waals surface area contributed by atoms with E-state index >= 15 is 0 Å². The third-order valence-electron chi connectivity index (χ3n) is 3.30. The van der Waals surface area contributed by atoms with Crippen LogP contribution >= 0.6 is 11.6 Å². The highest BCUT2D eigenvalue weighted by molar-refractivity contribution is 6.31. The van der Waals surface area contributed by atoms with Crippen LogP contribution in [0.4, 0.5) is 4.39 Å². The molecular formula is C13H12ClFN2. The number of halogens is 2. The molecule has 3 rings (SSSR count). The van der Waals surface area contributed by atoms with Gasteiger partial charge >= 0.3 is 0 Å². The molecule has 1 aliphatic heterocycles. The molecule has 17 heavy (non-hydrogen) atoms. The van der Waals surface area contributed by atoms with Gasteiger partial charge < -0.3 is 0 Å². The molecule has 0 spiro atoms. The molecule has 1 aliphatic rings. The van der Waals surface area contributed by atoms with Gasteiger partial charge in [0.15, 0.2) is 0 Å². The monoisotopic (exact) mass is 250 g/mol. The number of hydrogen-bond donors (Lipinski definition) is 0. The normalized spacial score (nSPS) is 14.1. The van der Waals surface area contributed by atoms with E-state index in [-0.39, 0.29) is 10.8 Å². The zero-order chi connectivity index (χ0) is 12.0. The van der Waals surface area contributed by atoms with Gasteiger partial charge in [0.25, 0.3) is 0 Å². The molecule has 1 aromatic carbocycles. The summed E-state index contributed by atoms with van der Waals surface area (Å²) in [6.45, 7) is 3.04. The van der Waals surface area contributed by atoms with E-state index in [1.807, 2.05) is 4.68 Å². The summed E-state index contributed by atoms with van der Waals surface area (Å²) in [7, 11) is 0. The first-order chi connectivity index (χ1) is 8.16. The molecular weight excluding hydrogens is 239 g/mol. The second-order valence-electron chi connectivity index (χ2n) is 4.38. The number of aromatic nitrogens is 2. The van der Waals surface area contributed by atoms with Crippen molar-refractivity contribution < 1.29 is 4.39 Å². The predicted molar refractivity (Wildman–Crippen MR) is 65.7 cm³/mol. The topological polar surface area (TPSA) is 17.8 Å². The Labute approximate surface area is 104 Å². The number of rotatable bonds is 1. The quantitative estimate of drug-likeness (QED) is 0.756. The van der Waals surface area contributed by atoms with Crippen molar-refractivity contribution >= 4 is 11.6 Å². The van der Waals surface area contributed by atoms with E-state index in [9.17, 15) is 4.39 Å². The fraction of sp³-hybridized carbons (Fsp3) is 0.308. The van der Waals surface area contributed by atoms with E-state index in [1.165, 1.54) is 17.3 Å². The van der Waals surface area contributed by atoms with E-state index in [0.717, 1.165) is 30.6 Å². The Morgan fingerprint density at radius 3 is 2.94 bits per heavy atom. The summed E-state index contributed by atoms with van der Waals surface area (Å²) in [5.41, 5.74) is 4.28. The first-order valence-electron chi connectivity index (χ1n) is 5.68. The van der Waals surface area contributed by atoms with Crippen molar-refractivity contribution in [3.63, 3.8) is 0 Å². The molecule has 88 valence electrons. The average Bonchev–Trinajstić information content (AvgIpc) is 2.86. The van der Waals surface area contributed by atoms with Gasteiger partial charge in [0, 0.05) is 17.8 Å². The molecule has 0 saturated carbocycles. The number of hydrogen-bond acceptors (Lipinski definition) is 1. The van der Waals surface area contributed by atoms with Crippen molar-refractivity contribution in [3.8, 4) is 11.3 Å². The van der Waals surface area contributed by atoms with Crippen LogP contribution in [-0.2, 0) is 13.0 Å². The molecule has 2 heterocycles. The smallest absolute Gasteiger partial charge is 0.141 e. The highest BCUT2D eigenvalue weighted by Crippen LogP contribution is 2.30. The van der Waals surface area contributed by atoms with Gasteiger partial charge in [-0.15, -0.1) is 0 Å². The molecule has 0 unspecified atom stereocenters. The molecule has 0 bridgehead atoms. The Kier molecular flexibility index (Phi) is 2.44. The zero-order valence-electron chi connectivity index (χ0n) is 9.50. The average molecular weight is 251 g/mol. The van der Waals surface area contributed by atoms with Crippen LogP contribution in [0, 0.1) is 12.7 Å². The highest BCUT2D eigenvalue weighted by atomic mass is 35.5. The molecule has 0 aliphatic carbocycles. The minimum absolute atomic E-state index is 0.148. The summed E-state index contributed by atoms with van der Waals surface area (Å²) in [5, 5.41) is 4.72. The standard InChI is InChI=1S/C13H12ClFN2/c1-8-12-3-2-6-17(12)16-13(8)9-4-5-11(15)10(14)7-9/h4-5,7H,2-3,6H2,1H3. The molecule has 0 amide bonds. The lowest BCUT2D eigenvalue weighted by Gasteiger charge is -2.01. The molecule has 0 saturated heterocycles. The van der Waals surface area contributed by atoms with Crippen molar-refractivity contribution in [1.82, 2.24) is 9.78 Å². The second-order valence-corrected chi connectivity index (χ2v) is 4.78. The Hall–Kier alpha value is -1.35. The SMILES string of the molecule is Cc1c(-c2ccc(F)c(Cl)c2)nn2c1CCC2. The lowest BCUT2D eigenvalue weighted by atomic mass is 10.1. The van der Waals surface area contributed by atoms with Crippen molar-refractivity contribution in [3.05, 3.63) is 40.3 Å². The Morgan fingerprint density at radius 1 is 1.41 bits per heavy atom. The van der Waals surface area contributed by atoms with Crippen molar-refractivity contribution in [2.45, 2.75) is 26.3 Å². The summed E-state index contributed by atoms with van der Waals surface area (Å²) in [6, 6.07) is 4.76. The lowest BCUT2D eigenvalue weighted by molar-refractivity contribution is 0.628.